The van der Waals surface area contributed by atoms with E-state index in [4.69, 9.17) is 14.1 Å². The molecule has 5 nitrogen and oxygen atoms in total. The maximum Gasteiger partial charge on any atom is 0.336 e. The third kappa shape index (κ3) is 2.49. The van der Waals surface area contributed by atoms with Crippen LogP contribution in [0.2, 0.25) is 0 Å². The molecule has 0 aliphatic carbocycles. The second kappa shape index (κ2) is 6.19. The smallest absolute Gasteiger partial charge is 0.336 e. The Labute approximate surface area is 149 Å². The number of hydrogen-bond donors (Lipinski definition) is 1. The zero-order chi connectivity index (χ0) is 18.3. The van der Waals surface area contributed by atoms with Crippen molar-refractivity contribution in [3.05, 3.63) is 59.7 Å². The van der Waals surface area contributed by atoms with Crippen molar-refractivity contribution in [2.24, 2.45) is 0 Å². The third-order valence-electron chi connectivity index (χ3n) is 4.51. The molecule has 130 valence electrons. The molecule has 5 heteroatoms. The molecule has 0 amide bonds. The summed E-state index contributed by atoms with van der Waals surface area (Å²) < 4.78 is 11.3. The highest BCUT2D eigenvalue weighted by atomic mass is 16.5. The molecule has 2 aromatic carbocycles. The summed E-state index contributed by atoms with van der Waals surface area (Å²) in [6.07, 6.45) is 0.765. The molecule has 0 saturated heterocycles. The van der Waals surface area contributed by atoms with Crippen LogP contribution >= 0.6 is 0 Å². The molecule has 4 rings (SSSR count). The Morgan fingerprint density at radius 3 is 2.73 bits per heavy atom. The maximum atomic E-state index is 11.8. The molecule has 0 aliphatic heterocycles. The summed E-state index contributed by atoms with van der Waals surface area (Å²) in [7, 11) is 1.58. The number of benzene rings is 2. The Bertz CT molecular complexity index is 1140. The topological polar surface area (TPSA) is 72.6 Å². The monoisotopic (exact) mass is 347 g/mol. The van der Waals surface area contributed by atoms with E-state index < -0.39 is 5.97 Å². The molecule has 0 atom stereocenters. The Kier molecular flexibility index (Phi) is 3.84. The molecule has 2 heterocycles. The van der Waals surface area contributed by atoms with Gasteiger partial charge in [-0.3, -0.25) is 0 Å². The summed E-state index contributed by atoms with van der Waals surface area (Å²) in [4.78, 5) is 16.5. The lowest BCUT2D eigenvalue weighted by molar-refractivity contribution is 0.0699. The predicted molar refractivity (Wildman–Crippen MR) is 99.8 cm³/mol. The summed E-state index contributed by atoms with van der Waals surface area (Å²) in [5.74, 6) is 0.155. The van der Waals surface area contributed by atoms with E-state index in [1.165, 1.54) is 0 Å². The molecule has 0 saturated carbocycles. The van der Waals surface area contributed by atoms with Gasteiger partial charge in [0.15, 0.2) is 17.1 Å². The average Bonchev–Trinajstić information content (AvgIpc) is 3.10. The van der Waals surface area contributed by atoms with Gasteiger partial charge in [0, 0.05) is 10.8 Å². The van der Waals surface area contributed by atoms with Gasteiger partial charge in [0.25, 0.3) is 0 Å². The lowest BCUT2D eigenvalue weighted by atomic mass is 10.0. The number of aromatic nitrogens is 1. The minimum Gasteiger partial charge on any atom is -0.493 e. The number of pyridine rings is 1. The van der Waals surface area contributed by atoms with E-state index >= 15 is 0 Å². The number of para-hydroxylation sites is 2. The lowest BCUT2D eigenvalue weighted by Gasteiger charge is -2.08. The van der Waals surface area contributed by atoms with Crippen molar-refractivity contribution in [2.75, 3.05) is 7.11 Å². The first kappa shape index (κ1) is 16.1. The zero-order valence-electron chi connectivity index (χ0n) is 14.4. The van der Waals surface area contributed by atoms with Gasteiger partial charge >= 0.3 is 5.97 Å². The normalized spacial score (nSPS) is 11.2. The van der Waals surface area contributed by atoms with Crippen molar-refractivity contribution in [3.63, 3.8) is 0 Å². The van der Waals surface area contributed by atoms with E-state index in [1.807, 2.05) is 43.3 Å². The number of rotatable bonds is 4. The average molecular weight is 347 g/mol. The van der Waals surface area contributed by atoms with Crippen molar-refractivity contribution in [1.82, 2.24) is 4.98 Å². The second-order valence-corrected chi connectivity index (χ2v) is 6.02. The molecule has 0 fully saturated rings. The summed E-state index contributed by atoms with van der Waals surface area (Å²) >= 11 is 0. The van der Waals surface area contributed by atoms with Crippen LogP contribution in [0.25, 0.3) is 33.3 Å². The summed E-state index contributed by atoms with van der Waals surface area (Å²) in [5, 5.41) is 11.2. The maximum absolute atomic E-state index is 11.8. The number of aromatic carboxylic acids is 1. The number of nitrogens with zero attached hydrogens (tertiary/aromatic N) is 1. The van der Waals surface area contributed by atoms with Crippen LogP contribution in [0.15, 0.2) is 52.9 Å². The van der Waals surface area contributed by atoms with E-state index in [0.717, 1.165) is 17.4 Å². The van der Waals surface area contributed by atoms with Crippen molar-refractivity contribution < 1.29 is 19.1 Å². The first-order valence-corrected chi connectivity index (χ1v) is 8.35. The number of furan rings is 1. The van der Waals surface area contributed by atoms with Crippen LogP contribution in [0.1, 0.15) is 22.8 Å². The fourth-order valence-corrected chi connectivity index (χ4v) is 3.22. The molecule has 4 aromatic rings. The Morgan fingerprint density at radius 1 is 1.19 bits per heavy atom. The molecule has 1 N–H and O–H groups in total. The van der Waals surface area contributed by atoms with Crippen molar-refractivity contribution in [2.45, 2.75) is 13.3 Å². The van der Waals surface area contributed by atoms with Crippen LogP contribution in [0.5, 0.6) is 5.75 Å². The Balaban J connectivity index is 2.01. The number of ether oxygens (including phenoxy) is 1. The van der Waals surface area contributed by atoms with Crippen molar-refractivity contribution in [3.8, 4) is 17.2 Å². The molecule has 0 spiro atoms. The van der Waals surface area contributed by atoms with Crippen molar-refractivity contribution >= 4 is 27.8 Å². The third-order valence-corrected chi connectivity index (χ3v) is 4.51. The Morgan fingerprint density at radius 2 is 2.00 bits per heavy atom. The minimum atomic E-state index is -0.986. The Hall–Kier alpha value is -3.34. The van der Waals surface area contributed by atoms with Crippen molar-refractivity contribution in [1.29, 1.82) is 0 Å². The van der Waals surface area contributed by atoms with E-state index in [2.05, 4.69) is 0 Å². The standard InChI is InChI=1S/C21H17NO4/c1-3-12-6-4-8-14-15(21(23)24)11-16(22-19(12)14)18-10-13-7-5-9-17(25-2)20(13)26-18/h4-11H,3H2,1-2H3,(H,23,24). The van der Waals surface area contributed by atoms with Crippen LogP contribution in [-0.4, -0.2) is 23.2 Å². The highest BCUT2D eigenvalue weighted by Gasteiger charge is 2.17. The van der Waals surface area contributed by atoms with Gasteiger partial charge in [-0.05, 0) is 30.2 Å². The van der Waals surface area contributed by atoms with Crippen LogP contribution in [0.4, 0.5) is 0 Å². The van der Waals surface area contributed by atoms with Gasteiger partial charge in [-0.15, -0.1) is 0 Å². The molecular weight excluding hydrogens is 330 g/mol. The number of carbonyl (C=O) groups is 1. The minimum absolute atomic E-state index is 0.215. The number of aryl methyl sites for hydroxylation is 1. The lowest BCUT2D eigenvalue weighted by Crippen LogP contribution is -2.01. The molecule has 26 heavy (non-hydrogen) atoms. The predicted octanol–water partition coefficient (Wildman–Crippen LogP) is 4.92. The number of fused-ring (bicyclic) bond motifs is 2. The molecule has 0 unspecified atom stereocenters. The van der Waals surface area contributed by atoms with Gasteiger partial charge in [-0.1, -0.05) is 37.3 Å². The molecular formula is C21H17NO4. The molecule has 0 radical (unpaired) electrons. The second-order valence-electron chi connectivity index (χ2n) is 6.02. The number of carboxylic acid groups (broad SMARTS) is 1. The van der Waals surface area contributed by atoms with Crippen LogP contribution < -0.4 is 4.74 Å². The van der Waals surface area contributed by atoms with Crippen LogP contribution in [0.3, 0.4) is 0 Å². The summed E-state index contributed by atoms with van der Waals surface area (Å²) in [5.41, 5.74) is 3.02. The summed E-state index contributed by atoms with van der Waals surface area (Å²) in [6, 6.07) is 14.7. The number of hydrogen-bond acceptors (Lipinski definition) is 4. The molecule has 2 aromatic heterocycles. The number of carboxylic acids is 1. The quantitative estimate of drug-likeness (QED) is 0.567. The summed E-state index contributed by atoms with van der Waals surface area (Å²) in [6.45, 7) is 2.02. The molecule has 0 bridgehead atoms. The highest BCUT2D eigenvalue weighted by Crippen LogP contribution is 2.34. The van der Waals surface area contributed by atoms with E-state index in [1.54, 1.807) is 19.2 Å². The highest BCUT2D eigenvalue weighted by molar-refractivity contribution is 6.04. The largest absolute Gasteiger partial charge is 0.493 e. The zero-order valence-corrected chi connectivity index (χ0v) is 14.4. The van der Waals surface area contributed by atoms with Gasteiger partial charge in [0.05, 0.1) is 18.2 Å². The van der Waals surface area contributed by atoms with E-state index in [9.17, 15) is 9.90 Å². The molecule has 0 aliphatic rings. The van der Waals surface area contributed by atoms with Gasteiger partial charge < -0.3 is 14.3 Å². The first-order chi connectivity index (χ1) is 12.6. The van der Waals surface area contributed by atoms with Gasteiger partial charge in [0.2, 0.25) is 0 Å². The van der Waals surface area contributed by atoms with Crippen LogP contribution in [-0.2, 0) is 6.42 Å². The fourth-order valence-electron chi connectivity index (χ4n) is 3.22. The van der Waals surface area contributed by atoms with E-state index in [0.29, 0.717) is 33.7 Å². The fraction of sp³-hybridized carbons (Fsp3) is 0.143. The van der Waals surface area contributed by atoms with E-state index in [-0.39, 0.29) is 5.56 Å². The van der Waals surface area contributed by atoms with Gasteiger partial charge in [0.1, 0.15) is 5.69 Å². The number of methoxy groups -OCH3 is 1. The first-order valence-electron chi connectivity index (χ1n) is 8.35. The SMILES string of the molecule is CCc1cccc2c(C(=O)O)cc(-c3cc4cccc(OC)c4o3)nc12. The van der Waals surface area contributed by atoms with Crippen LogP contribution in [0, 0.1) is 0 Å². The van der Waals surface area contributed by atoms with Gasteiger partial charge in [-0.2, -0.15) is 0 Å². The van der Waals surface area contributed by atoms with Gasteiger partial charge in [-0.25, -0.2) is 9.78 Å².